The van der Waals surface area contributed by atoms with Crippen LogP contribution in [0.1, 0.15) is 29.4 Å². The van der Waals surface area contributed by atoms with Gasteiger partial charge in [0.2, 0.25) is 0 Å². The number of rotatable bonds is 8. The number of aryl methyl sites for hydroxylation is 1. The Kier molecular flexibility index (Phi) is 6.65. The number of nitrogens with one attached hydrogen (secondary N) is 1. The highest BCUT2D eigenvalue weighted by Crippen LogP contribution is 2.29. The van der Waals surface area contributed by atoms with Crippen LogP contribution in [0.5, 0.6) is 11.5 Å². The molecule has 0 aliphatic rings. The van der Waals surface area contributed by atoms with Gasteiger partial charge in [0.25, 0.3) is 11.5 Å². The van der Waals surface area contributed by atoms with Crippen molar-refractivity contribution in [1.82, 2.24) is 15.1 Å². The normalized spacial score (nSPS) is 10.7. The lowest BCUT2D eigenvalue weighted by atomic mass is 10.2. The van der Waals surface area contributed by atoms with E-state index in [1.54, 1.807) is 0 Å². The lowest BCUT2D eigenvalue weighted by molar-refractivity contribution is -0.0512. The molecule has 0 fully saturated rings. The number of alkyl halides is 2. The van der Waals surface area contributed by atoms with Crippen LogP contribution in [0.2, 0.25) is 0 Å². The number of carbonyl (C=O) groups is 1. The van der Waals surface area contributed by atoms with Gasteiger partial charge in [0.05, 0.1) is 7.11 Å². The summed E-state index contributed by atoms with van der Waals surface area (Å²) in [6, 6.07) is 7.00. The Hall–Kier alpha value is -2.97. The third-order valence-electron chi connectivity index (χ3n) is 3.43. The lowest BCUT2D eigenvalue weighted by Crippen LogP contribution is -2.29. The molecule has 9 heteroatoms. The van der Waals surface area contributed by atoms with Crippen molar-refractivity contribution in [2.24, 2.45) is 0 Å². The summed E-state index contributed by atoms with van der Waals surface area (Å²) in [5, 5.41) is 6.67. The second-order valence-corrected chi connectivity index (χ2v) is 5.33. The first kappa shape index (κ1) is 19.4. The van der Waals surface area contributed by atoms with E-state index in [1.807, 2.05) is 6.92 Å². The molecule has 0 unspecified atom stereocenters. The minimum Gasteiger partial charge on any atom is -0.493 e. The van der Waals surface area contributed by atoms with E-state index in [4.69, 9.17) is 4.74 Å². The minimum absolute atomic E-state index is 0.0918. The molecular weight excluding hydrogens is 348 g/mol. The molecule has 0 spiro atoms. The molecule has 2 rings (SSSR count). The van der Waals surface area contributed by atoms with Gasteiger partial charge < -0.3 is 14.8 Å². The van der Waals surface area contributed by atoms with Crippen molar-refractivity contribution >= 4 is 5.91 Å². The SMILES string of the molecule is CCCn1nc(C(=O)NCc2ccc(OC(F)F)c(OC)c2)ccc1=O. The van der Waals surface area contributed by atoms with E-state index in [-0.39, 0.29) is 29.3 Å². The van der Waals surface area contributed by atoms with Gasteiger partial charge in [0.1, 0.15) is 5.69 Å². The summed E-state index contributed by atoms with van der Waals surface area (Å²) in [5.74, 6) is -0.417. The van der Waals surface area contributed by atoms with Gasteiger partial charge in [0.15, 0.2) is 11.5 Å². The molecule has 0 atom stereocenters. The number of benzene rings is 1. The first-order valence-electron chi connectivity index (χ1n) is 7.92. The summed E-state index contributed by atoms with van der Waals surface area (Å²) in [7, 11) is 1.33. The predicted molar refractivity (Wildman–Crippen MR) is 89.6 cm³/mol. The molecule has 0 saturated carbocycles. The lowest BCUT2D eigenvalue weighted by Gasteiger charge is -2.12. The number of carbonyl (C=O) groups excluding carboxylic acids is 1. The number of hydrogen-bond acceptors (Lipinski definition) is 5. The van der Waals surface area contributed by atoms with E-state index in [0.29, 0.717) is 18.5 Å². The Morgan fingerprint density at radius 3 is 2.69 bits per heavy atom. The van der Waals surface area contributed by atoms with Gasteiger partial charge in [-0.25, -0.2) is 4.68 Å². The highest BCUT2D eigenvalue weighted by molar-refractivity contribution is 5.91. The van der Waals surface area contributed by atoms with Crippen LogP contribution in [0.15, 0.2) is 35.1 Å². The molecule has 26 heavy (non-hydrogen) atoms. The second kappa shape index (κ2) is 8.93. The Balaban J connectivity index is 2.07. The fourth-order valence-electron chi connectivity index (χ4n) is 2.23. The van der Waals surface area contributed by atoms with E-state index in [1.165, 1.54) is 42.1 Å². The fraction of sp³-hybridized carbons (Fsp3) is 0.353. The number of methoxy groups -OCH3 is 1. The predicted octanol–water partition coefficient (Wildman–Crippen LogP) is 2.19. The van der Waals surface area contributed by atoms with Gasteiger partial charge >= 0.3 is 6.61 Å². The molecule has 1 heterocycles. The van der Waals surface area contributed by atoms with Crippen LogP contribution in [0, 0.1) is 0 Å². The van der Waals surface area contributed by atoms with Crippen molar-refractivity contribution in [3.63, 3.8) is 0 Å². The first-order valence-corrected chi connectivity index (χ1v) is 7.92. The van der Waals surface area contributed by atoms with Crippen LogP contribution in [0.25, 0.3) is 0 Å². The Morgan fingerprint density at radius 1 is 1.27 bits per heavy atom. The van der Waals surface area contributed by atoms with Crippen molar-refractivity contribution < 1.29 is 23.0 Å². The van der Waals surface area contributed by atoms with Gasteiger partial charge in [0, 0.05) is 19.2 Å². The number of hydrogen-bond donors (Lipinski definition) is 1. The molecule has 1 amide bonds. The summed E-state index contributed by atoms with van der Waals surface area (Å²) in [6.07, 6.45) is 0.713. The molecule has 0 bridgehead atoms. The average Bonchev–Trinajstić information content (AvgIpc) is 2.62. The van der Waals surface area contributed by atoms with Crippen LogP contribution in [0.4, 0.5) is 8.78 Å². The summed E-state index contributed by atoms with van der Waals surface area (Å²) < 4.78 is 35.2. The summed E-state index contributed by atoms with van der Waals surface area (Å²) >= 11 is 0. The quantitative estimate of drug-likeness (QED) is 0.773. The van der Waals surface area contributed by atoms with E-state index in [9.17, 15) is 18.4 Å². The van der Waals surface area contributed by atoms with Crippen LogP contribution >= 0.6 is 0 Å². The Labute approximate surface area is 148 Å². The molecule has 0 saturated heterocycles. The van der Waals surface area contributed by atoms with E-state index >= 15 is 0 Å². The zero-order valence-corrected chi connectivity index (χ0v) is 14.4. The number of ether oxygens (including phenoxy) is 2. The highest BCUT2D eigenvalue weighted by atomic mass is 19.3. The van der Waals surface area contributed by atoms with Crippen LogP contribution < -0.4 is 20.3 Å². The molecule has 1 N–H and O–H groups in total. The van der Waals surface area contributed by atoms with Crippen molar-refractivity contribution in [1.29, 1.82) is 0 Å². The molecular formula is C17H19F2N3O4. The third-order valence-corrected chi connectivity index (χ3v) is 3.43. The molecule has 0 aliphatic carbocycles. The third kappa shape index (κ3) is 5.01. The van der Waals surface area contributed by atoms with E-state index < -0.39 is 12.5 Å². The van der Waals surface area contributed by atoms with Gasteiger partial charge in [-0.3, -0.25) is 9.59 Å². The fourth-order valence-corrected chi connectivity index (χ4v) is 2.23. The molecule has 140 valence electrons. The van der Waals surface area contributed by atoms with E-state index in [2.05, 4.69) is 15.2 Å². The maximum atomic E-state index is 12.3. The topological polar surface area (TPSA) is 82.5 Å². The van der Waals surface area contributed by atoms with Gasteiger partial charge in [-0.15, -0.1) is 0 Å². The highest BCUT2D eigenvalue weighted by Gasteiger charge is 2.13. The van der Waals surface area contributed by atoms with Crippen LogP contribution in [-0.4, -0.2) is 29.4 Å². The van der Waals surface area contributed by atoms with Crippen molar-refractivity contribution in [3.05, 3.63) is 51.9 Å². The maximum absolute atomic E-state index is 12.3. The molecule has 0 radical (unpaired) electrons. The zero-order chi connectivity index (χ0) is 19.1. The zero-order valence-electron chi connectivity index (χ0n) is 14.4. The maximum Gasteiger partial charge on any atom is 0.387 e. The van der Waals surface area contributed by atoms with Crippen LogP contribution in [0.3, 0.4) is 0 Å². The summed E-state index contributed by atoms with van der Waals surface area (Å²) in [6.45, 7) is -0.517. The molecule has 2 aromatic rings. The summed E-state index contributed by atoms with van der Waals surface area (Å²) in [5.41, 5.74) is 0.462. The van der Waals surface area contributed by atoms with Crippen molar-refractivity contribution in [2.45, 2.75) is 33.0 Å². The second-order valence-electron chi connectivity index (χ2n) is 5.33. The Bertz CT molecular complexity index is 824. The average molecular weight is 367 g/mol. The molecule has 1 aromatic heterocycles. The monoisotopic (exact) mass is 367 g/mol. The molecule has 0 aliphatic heterocycles. The standard InChI is InChI=1S/C17H19F2N3O4/c1-3-8-22-15(23)7-5-12(21-22)16(24)20-10-11-4-6-13(26-17(18)19)14(9-11)25-2/h4-7,9,17H,3,8,10H2,1-2H3,(H,20,24). The first-order chi connectivity index (χ1) is 12.4. The molecule has 1 aromatic carbocycles. The number of amides is 1. The minimum atomic E-state index is -2.96. The van der Waals surface area contributed by atoms with Crippen molar-refractivity contribution in [2.75, 3.05) is 7.11 Å². The molecule has 7 nitrogen and oxygen atoms in total. The number of halogens is 2. The largest absolute Gasteiger partial charge is 0.493 e. The van der Waals surface area contributed by atoms with Gasteiger partial charge in [-0.2, -0.15) is 13.9 Å². The van der Waals surface area contributed by atoms with Gasteiger partial charge in [-0.1, -0.05) is 13.0 Å². The van der Waals surface area contributed by atoms with Gasteiger partial charge in [-0.05, 0) is 30.2 Å². The van der Waals surface area contributed by atoms with Crippen molar-refractivity contribution in [3.8, 4) is 11.5 Å². The summed E-state index contributed by atoms with van der Waals surface area (Å²) in [4.78, 5) is 23.8. The number of nitrogens with zero attached hydrogens (tertiary/aromatic N) is 2. The van der Waals surface area contributed by atoms with E-state index in [0.717, 1.165) is 0 Å². The van der Waals surface area contributed by atoms with Crippen LogP contribution in [-0.2, 0) is 13.1 Å². The number of aromatic nitrogens is 2. The Morgan fingerprint density at radius 2 is 2.04 bits per heavy atom. The smallest absolute Gasteiger partial charge is 0.387 e.